The number of anilines is 1. The third kappa shape index (κ3) is 4.18. The normalized spacial score (nSPS) is 10.1. The standard InChI is InChI=1S/C15H14ClNO2S/c1-19-12-4-8-14(9-5-12)20-13-6-2-11(3-7-13)17-15(18)10-16/h2-9H,10H2,1H3,(H,17,18). The smallest absolute Gasteiger partial charge is 0.239 e. The van der Waals surface area contributed by atoms with Crippen molar-refractivity contribution in [3.8, 4) is 5.75 Å². The number of ether oxygens (including phenoxy) is 1. The van der Waals surface area contributed by atoms with Gasteiger partial charge in [-0.3, -0.25) is 4.79 Å². The average molecular weight is 308 g/mol. The molecule has 0 unspecified atom stereocenters. The number of hydrogen-bond donors (Lipinski definition) is 1. The van der Waals surface area contributed by atoms with Crippen molar-refractivity contribution < 1.29 is 9.53 Å². The van der Waals surface area contributed by atoms with Gasteiger partial charge in [0.25, 0.3) is 0 Å². The number of nitrogens with one attached hydrogen (secondary N) is 1. The fourth-order valence-corrected chi connectivity index (χ4v) is 2.46. The van der Waals surface area contributed by atoms with E-state index in [9.17, 15) is 4.79 Å². The summed E-state index contributed by atoms with van der Waals surface area (Å²) in [6, 6.07) is 15.5. The Labute approximate surface area is 127 Å². The van der Waals surface area contributed by atoms with E-state index in [4.69, 9.17) is 16.3 Å². The van der Waals surface area contributed by atoms with Gasteiger partial charge in [0, 0.05) is 15.5 Å². The predicted octanol–water partition coefficient (Wildman–Crippen LogP) is 4.02. The first-order valence-electron chi connectivity index (χ1n) is 5.99. The Morgan fingerprint density at radius 1 is 1.10 bits per heavy atom. The van der Waals surface area contributed by atoms with Crippen molar-refractivity contribution in [2.24, 2.45) is 0 Å². The Hall–Kier alpha value is -1.65. The highest BCUT2D eigenvalue weighted by Crippen LogP contribution is 2.29. The Balaban J connectivity index is 2.00. The van der Waals surface area contributed by atoms with Gasteiger partial charge in [0.15, 0.2) is 0 Å². The SMILES string of the molecule is COc1ccc(Sc2ccc(NC(=O)CCl)cc2)cc1. The Morgan fingerprint density at radius 3 is 2.15 bits per heavy atom. The number of hydrogen-bond acceptors (Lipinski definition) is 3. The summed E-state index contributed by atoms with van der Waals surface area (Å²) in [6.07, 6.45) is 0. The zero-order chi connectivity index (χ0) is 14.4. The van der Waals surface area contributed by atoms with Crippen molar-refractivity contribution in [1.82, 2.24) is 0 Å². The molecule has 0 atom stereocenters. The largest absolute Gasteiger partial charge is 0.497 e. The van der Waals surface area contributed by atoms with Gasteiger partial charge in [-0.05, 0) is 48.5 Å². The lowest BCUT2D eigenvalue weighted by Crippen LogP contribution is -2.12. The lowest BCUT2D eigenvalue weighted by molar-refractivity contribution is -0.113. The predicted molar refractivity (Wildman–Crippen MR) is 82.9 cm³/mol. The molecule has 20 heavy (non-hydrogen) atoms. The first-order valence-corrected chi connectivity index (χ1v) is 7.34. The van der Waals surface area contributed by atoms with Gasteiger partial charge in [-0.25, -0.2) is 0 Å². The molecule has 0 aliphatic heterocycles. The Kier molecular flexibility index (Phi) is 5.32. The van der Waals surface area contributed by atoms with Crippen LogP contribution in [0.25, 0.3) is 0 Å². The highest BCUT2D eigenvalue weighted by molar-refractivity contribution is 7.99. The first kappa shape index (κ1) is 14.8. The van der Waals surface area contributed by atoms with Crippen LogP contribution >= 0.6 is 23.4 Å². The van der Waals surface area contributed by atoms with Crippen LogP contribution < -0.4 is 10.1 Å². The molecule has 0 saturated heterocycles. The maximum absolute atomic E-state index is 11.2. The maximum atomic E-state index is 11.2. The van der Waals surface area contributed by atoms with Crippen LogP contribution in [0.1, 0.15) is 0 Å². The van der Waals surface area contributed by atoms with Crippen molar-refractivity contribution in [2.45, 2.75) is 9.79 Å². The lowest BCUT2D eigenvalue weighted by atomic mass is 10.3. The summed E-state index contributed by atoms with van der Waals surface area (Å²) >= 11 is 7.08. The molecule has 0 fully saturated rings. The number of halogens is 1. The molecule has 2 rings (SSSR count). The topological polar surface area (TPSA) is 38.3 Å². The molecule has 104 valence electrons. The van der Waals surface area contributed by atoms with Crippen LogP contribution in [0.5, 0.6) is 5.75 Å². The Morgan fingerprint density at radius 2 is 1.65 bits per heavy atom. The minimum Gasteiger partial charge on any atom is -0.497 e. The molecule has 1 amide bonds. The summed E-state index contributed by atoms with van der Waals surface area (Å²) in [6.45, 7) is 0. The molecular weight excluding hydrogens is 294 g/mol. The third-order valence-corrected chi connectivity index (χ3v) is 3.81. The first-order chi connectivity index (χ1) is 9.71. The summed E-state index contributed by atoms with van der Waals surface area (Å²) in [5.74, 6) is 0.596. The molecule has 0 spiro atoms. The van der Waals surface area contributed by atoms with Gasteiger partial charge in [-0.1, -0.05) is 11.8 Å². The molecule has 0 radical (unpaired) electrons. The monoisotopic (exact) mass is 307 g/mol. The molecule has 0 aliphatic carbocycles. The van der Waals surface area contributed by atoms with E-state index in [1.165, 1.54) is 0 Å². The highest BCUT2D eigenvalue weighted by atomic mass is 35.5. The van der Waals surface area contributed by atoms with Gasteiger partial charge >= 0.3 is 0 Å². The second-order valence-electron chi connectivity index (χ2n) is 3.98. The summed E-state index contributed by atoms with van der Waals surface area (Å²) < 4.78 is 5.12. The van der Waals surface area contributed by atoms with Gasteiger partial charge < -0.3 is 10.1 Å². The van der Waals surface area contributed by atoms with Gasteiger partial charge in [-0.2, -0.15) is 0 Å². The van der Waals surface area contributed by atoms with E-state index in [-0.39, 0.29) is 11.8 Å². The molecule has 0 aromatic heterocycles. The molecule has 0 aliphatic rings. The van der Waals surface area contributed by atoms with Crippen LogP contribution in [0.15, 0.2) is 58.3 Å². The van der Waals surface area contributed by atoms with Crippen molar-refractivity contribution in [1.29, 1.82) is 0 Å². The molecule has 0 saturated carbocycles. The van der Waals surface area contributed by atoms with Crippen LogP contribution in [0.3, 0.4) is 0 Å². The number of rotatable bonds is 5. The minimum absolute atomic E-state index is 0.0393. The van der Waals surface area contributed by atoms with Crippen molar-refractivity contribution in [2.75, 3.05) is 18.3 Å². The minimum atomic E-state index is -0.206. The van der Waals surface area contributed by atoms with E-state index in [2.05, 4.69) is 5.32 Å². The maximum Gasteiger partial charge on any atom is 0.239 e. The number of benzene rings is 2. The summed E-state index contributed by atoms with van der Waals surface area (Å²) in [5.41, 5.74) is 0.745. The molecule has 0 heterocycles. The second kappa shape index (κ2) is 7.22. The van der Waals surface area contributed by atoms with Crippen molar-refractivity contribution >= 4 is 35.0 Å². The van der Waals surface area contributed by atoms with Crippen LogP contribution in [0.4, 0.5) is 5.69 Å². The van der Waals surface area contributed by atoms with Gasteiger partial charge in [-0.15, -0.1) is 11.6 Å². The molecule has 3 nitrogen and oxygen atoms in total. The van der Waals surface area contributed by atoms with E-state index in [0.29, 0.717) is 0 Å². The van der Waals surface area contributed by atoms with E-state index in [0.717, 1.165) is 21.2 Å². The fraction of sp³-hybridized carbons (Fsp3) is 0.133. The molecular formula is C15H14ClNO2S. The third-order valence-electron chi connectivity index (χ3n) is 2.55. The summed E-state index contributed by atoms with van der Waals surface area (Å²) in [5, 5.41) is 2.70. The fourth-order valence-electron chi connectivity index (χ4n) is 1.58. The number of alkyl halides is 1. The molecule has 0 bridgehead atoms. The van der Waals surface area contributed by atoms with Gasteiger partial charge in [0.1, 0.15) is 11.6 Å². The van der Waals surface area contributed by atoms with Crippen molar-refractivity contribution in [3.05, 3.63) is 48.5 Å². The molecule has 2 aromatic rings. The van der Waals surface area contributed by atoms with E-state index >= 15 is 0 Å². The second-order valence-corrected chi connectivity index (χ2v) is 5.40. The zero-order valence-corrected chi connectivity index (χ0v) is 12.5. The van der Waals surface area contributed by atoms with Crippen LogP contribution in [0, 0.1) is 0 Å². The highest BCUT2D eigenvalue weighted by Gasteiger charge is 2.01. The summed E-state index contributed by atoms with van der Waals surface area (Å²) in [4.78, 5) is 13.4. The van der Waals surface area contributed by atoms with Gasteiger partial charge in [0.05, 0.1) is 7.11 Å². The Bertz CT molecular complexity index is 569. The van der Waals surface area contributed by atoms with Gasteiger partial charge in [0.2, 0.25) is 5.91 Å². The van der Waals surface area contributed by atoms with E-state index in [1.54, 1.807) is 18.9 Å². The van der Waals surface area contributed by atoms with Crippen LogP contribution in [-0.2, 0) is 4.79 Å². The molecule has 5 heteroatoms. The van der Waals surface area contributed by atoms with Crippen LogP contribution in [-0.4, -0.2) is 18.9 Å². The molecule has 2 aromatic carbocycles. The van der Waals surface area contributed by atoms with E-state index < -0.39 is 0 Å². The number of amides is 1. The quantitative estimate of drug-likeness (QED) is 0.848. The lowest BCUT2D eigenvalue weighted by Gasteiger charge is -2.06. The summed E-state index contributed by atoms with van der Waals surface area (Å²) in [7, 11) is 1.65. The number of carbonyl (C=O) groups excluding carboxylic acids is 1. The zero-order valence-electron chi connectivity index (χ0n) is 10.9. The van der Waals surface area contributed by atoms with Crippen LogP contribution in [0.2, 0.25) is 0 Å². The number of carbonyl (C=O) groups is 1. The average Bonchev–Trinajstić information content (AvgIpc) is 2.50. The van der Waals surface area contributed by atoms with E-state index in [1.807, 2.05) is 48.5 Å². The molecule has 1 N–H and O–H groups in total. The van der Waals surface area contributed by atoms with Crippen molar-refractivity contribution in [3.63, 3.8) is 0 Å². The number of methoxy groups -OCH3 is 1.